The summed E-state index contributed by atoms with van der Waals surface area (Å²) in [6.07, 6.45) is 4.79. The number of nitrogens with zero attached hydrogens (tertiary/aromatic N) is 1. The monoisotopic (exact) mass is 272 g/mol. The van der Waals surface area contributed by atoms with Crippen LogP contribution in [0.15, 0.2) is 24.3 Å². The van der Waals surface area contributed by atoms with Crippen LogP contribution in [0.25, 0.3) is 10.9 Å². The van der Waals surface area contributed by atoms with Gasteiger partial charge in [0.15, 0.2) is 5.69 Å². The van der Waals surface area contributed by atoms with Crippen LogP contribution in [0.3, 0.4) is 0 Å². The Morgan fingerprint density at radius 1 is 1.40 bits per heavy atom. The summed E-state index contributed by atoms with van der Waals surface area (Å²) in [5.41, 5.74) is 7.16. The van der Waals surface area contributed by atoms with Gasteiger partial charge in [-0.15, -0.1) is 0 Å². The van der Waals surface area contributed by atoms with Crippen molar-refractivity contribution < 1.29 is 4.79 Å². The van der Waals surface area contributed by atoms with Crippen LogP contribution in [0, 0.1) is 5.92 Å². The van der Waals surface area contributed by atoms with Crippen LogP contribution in [0.5, 0.6) is 0 Å². The maximum absolute atomic E-state index is 12.4. The summed E-state index contributed by atoms with van der Waals surface area (Å²) in [6, 6.07) is 7.70. The Hall–Kier alpha value is -1.88. The molecule has 1 aromatic heterocycles. The lowest BCUT2D eigenvalue weighted by atomic mass is 9.98. The molecule has 1 amide bonds. The second-order valence-electron chi connectivity index (χ2n) is 5.48. The molecule has 2 aromatic rings. The van der Waals surface area contributed by atoms with Gasteiger partial charge in [-0.05, 0) is 24.8 Å². The lowest BCUT2D eigenvalue weighted by molar-refractivity contribution is 0.0920. The molecule has 1 heterocycles. The van der Waals surface area contributed by atoms with Crippen molar-refractivity contribution in [2.45, 2.75) is 31.7 Å². The quantitative estimate of drug-likeness (QED) is 0.793. The van der Waals surface area contributed by atoms with Gasteiger partial charge < -0.3 is 11.1 Å². The van der Waals surface area contributed by atoms with Crippen molar-refractivity contribution in [1.82, 2.24) is 15.5 Å². The van der Waals surface area contributed by atoms with Crippen LogP contribution in [0.2, 0.25) is 0 Å². The predicted molar refractivity (Wildman–Crippen MR) is 78.4 cm³/mol. The Morgan fingerprint density at radius 3 is 2.90 bits per heavy atom. The molecule has 1 fully saturated rings. The molecule has 3 rings (SSSR count). The summed E-state index contributed by atoms with van der Waals surface area (Å²) in [4.78, 5) is 12.4. The number of benzene rings is 1. The average molecular weight is 272 g/mol. The first-order valence-electron chi connectivity index (χ1n) is 7.23. The standard InChI is InChI=1S/C15H20N4O/c16-9-13(10-5-1-2-6-10)17-15(20)14-11-7-3-4-8-12(11)18-19-14/h3-4,7-8,10,13H,1-2,5-6,9,16H2,(H,17,20)(H,18,19). The van der Waals surface area contributed by atoms with Crippen molar-refractivity contribution >= 4 is 16.8 Å². The summed E-state index contributed by atoms with van der Waals surface area (Å²) in [5.74, 6) is 0.374. The fourth-order valence-electron chi connectivity index (χ4n) is 3.10. The maximum Gasteiger partial charge on any atom is 0.272 e. The zero-order valence-electron chi connectivity index (χ0n) is 11.4. The molecule has 1 aliphatic rings. The highest BCUT2D eigenvalue weighted by Crippen LogP contribution is 2.27. The van der Waals surface area contributed by atoms with Gasteiger partial charge in [-0.2, -0.15) is 5.10 Å². The number of aromatic amines is 1. The summed E-state index contributed by atoms with van der Waals surface area (Å²) < 4.78 is 0. The molecule has 0 spiro atoms. The highest BCUT2D eigenvalue weighted by molar-refractivity contribution is 6.04. The third-order valence-corrected chi connectivity index (χ3v) is 4.22. The molecule has 0 saturated heterocycles. The largest absolute Gasteiger partial charge is 0.346 e. The van der Waals surface area contributed by atoms with E-state index in [2.05, 4.69) is 15.5 Å². The molecule has 1 saturated carbocycles. The lowest BCUT2D eigenvalue weighted by Gasteiger charge is -2.22. The van der Waals surface area contributed by atoms with E-state index in [-0.39, 0.29) is 11.9 Å². The SMILES string of the molecule is NCC(NC(=O)c1n[nH]c2ccccc12)C1CCCC1. The number of aromatic nitrogens is 2. The number of carbonyl (C=O) groups is 1. The third-order valence-electron chi connectivity index (χ3n) is 4.22. The number of hydrogen-bond acceptors (Lipinski definition) is 3. The summed E-state index contributed by atoms with van der Waals surface area (Å²) >= 11 is 0. The summed E-state index contributed by atoms with van der Waals surface area (Å²) in [7, 11) is 0. The molecule has 1 aromatic carbocycles. The van der Waals surface area contributed by atoms with Gasteiger partial charge in [-0.25, -0.2) is 0 Å². The molecular formula is C15H20N4O. The Labute approximate surface area is 117 Å². The molecule has 0 bridgehead atoms. The molecule has 1 aliphatic carbocycles. The van der Waals surface area contributed by atoms with Gasteiger partial charge in [0.1, 0.15) is 0 Å². The highest BCUT2D eigenvalue weighted by Gasteiger charge is 2.26. The van der Waals surface area contributed by atoms with E-state index in [1.807, 2.05) is 24.3 Å². The molecule has 1 unspecified atom stereocenters. The maximum atomic E-state index is 12.4. The first kappa shape index (κ1) is 13.1. The van der Waals surface area contributed by atoms with Crippen molar-refractivity contribution in [1.29, 1.82) is 0 Å². The Morgan fingerprint density at radius 2 is 2.15 bits per heavy atom. The van der Waals surface area contributed by atoms with Gasteiger partial charge in [-0.1, -0.05) is 31.0 Å². The van der Waals surface area contributed by atoms with E-state index in [9.17, 15) is 4.79 Å². The van der Waals surface area contributed by atoms with Crippen LogP contribution in [-0.2, 0) is 0 Å². The van der Waals surface area contributed by atoms with Gasteiger partial charge in [-0.3, -0.25) is 9.89 Å². The van der Waals surface area contributed by atoms with Crippen molar-refractivity contribution in [2.75, 3.05) is 6.54 Å². The molecule has 5 heteroatoms. The summed E-state index contributed by atoms with van der Waals surface area (Å²) in [6.45, 7) is 0.485. The molecule has 5 nitrogen and oxygen atoms in total. The number of nitrogens with one attached hydrogen (secondary N) is 2. The molecule has 0 aliphatic heterocycles. The van der Waals surface area contributed by atoms with Gasteiger partial charge in [0.25, 0.3) is 5.91 Å². The molecule has 4 N–H and O–H groups in total. The minimum atomic E-state index is -0.134. The number of hydrogen-bond donors (Lipinski definition) is 3. The number of amides is 1. The first-order valence-corrected chi connectivity index (χ1v) is 7.23. The van der Waals surface area contributed by atoms with Crippen molar-refractivity contribution in [3.05, 3.63) is 30.0 Å². The number of para-hydroxylation sites is 1. The topological polar surface area (TPSA) is 83.8 Å². The Balaban J connectivity index is 1.78. The van der Waals surface area contributed by atoms with Crippen LogP contribution >= 0.6 is 0 Å². The predicted octanol–water partition coefficient (Wildman–Crippen LogP) is 1.81. The van der Waals surface area contributed by atoms with E-state index in [4.69, 9.17) is 5.73 Å². The average Bonchev–Trinajstić information content (AvgIpc) is 3.13. The van der Waals surface area contributed by atoms with E-state index < -0.39 is 0 Å². The van der Waals surface area contributed by atoms with Gasteiger partial charge in [0.05, 0.1) is 5.52 Å². The molecule has 106 valence electrons. The molecular weight excluding hydrogens is 252 g/mol. The Bertz CT molecular complexity index is 601. The normalized spacial score (nSPS) is 17.4. The van der Waals surface area contributed by atoms with Crippen molar-refractivity contribution in [2.24, 2.45) is 11.7 Å². The van der Waals surface area contributed by atoms with E-state index in [1.165, 1.54) is 12.8 Å². The van der Waals surface area contributed by atoms with E-state index in [0.29, 0.717) is 18.2 Å². The van der Waals surface area contributed by atoms with Gasteiger partial charge in [0.2, 0.25) is 0 Å². The van der Waals surface area contributed by atoms with Crippen LogP contribution in [0.4, 0.5) is 0 Å². The van der Waals surface area contributed by atoms with Crippen LogP contribution in [0.1, 0.15) is 36.2 Å². The van der Waals surface area contributed by atoms with Crippen LogP contribution in [-0.4, -0.2) is 28.7 Å². The number of rotatable bonds is 4. The second kappa shape index (κ2) is 5.63. The minimum absolute atomic E-state index is 0.0560. The molecule has 20 heavy (non-hydrogen) atoms. The van der Waals surface area contributed by atoms with E-state index in [0.717, 1.165) is 23.7 Å². The van der Waals surface area contributed by atoms with Crippen molar-refractivity contribution in [3.8, 4) is 0 Å². The van der Waals surface area contributed by atoms with Gasteiger partial charge in [0, 0.05) is 18.0 Å². The summed E-state index contributed by atoms with van der Waals surface area (Å²) in [5, 5.41) is 10.9. The number of H-pyrrole nitrogens is 1. The Kier molecular flexibility index (Phi) is 3.69. The zero-order chi connectivity index (χ0) is 13.9. The van der Waals surface area contributed by atoms with Crippen molar-refractivity contribution in [3.63, 3.8) is 0 Å². The first-order chi connectivity index (χ1) is 9.79. The second-order valence-corrected chi connectivity index (χ2v) is 5.48. The number of fused-ring (bicyclic) bond motifs is 1. The number of carbonyl (C=O) groups excluding carboxylic acids is 1. The zero-order valence-corrected chi connectivity index (χ0v) is 11.4. The van der Waals surface area contributed by atoms with Crippen LogP contribution < -0.4 is 11.1 Å². The fourth-order valence-corrected chi connectivity index (χ4v) is 3.10. The lowest BCUT2D eigenvalue weighted by Crippen LogP contribution is -2.44. The number of nitrogens with two attached hydrogens (primary N) is 1. The minimum Gasteiger partial charge on any atom is -0.346 e. The third kappa shape index (κ3) is 2.41. The molecule has 1 atom stereocenters. The highest BCUT2D eigenvalue weighted by atomic mass is 16.2. The fraction of sp³-hybridized carbons (Fsp3) is 0.467. The van der Waals surface area contributed by atoms with E-state index >= 15 is 0 Å². The smallest absolute Gasteiger partial charge is 0.272 e. The van der Waals surface area contributed by atoms with Gasteiger partial charge >= 0.3 is 0 Å². The molecule has 0 radical (unpaired) electrons. The van der Waals surface area contributed by atoms with E-state index in [1.54, 1.807) is 0 Å².